The molecule has 1 aliphatic heterocycles. The number of hydrogen-bond donors (Lipinski definition) is 2. The number of carbonyl (C=O) groups is 3. The molecule has 0 unspecified atom stereocenters. The molecule has 2 heterocycles. The van der Waals surface area contributed by atoms with Crippen LogP contribution in [0.2, 0.25) is 0 Å². The van der Waals surface area contributed by atoms with E-state index < -0.39 is 11.4 Å². The molecule has 1 saturated carbocycles. The highest BCUT2D eigenvalue weighted by molar-refractivity contribution is 6.06. The van der Waals surface area contributed by atoms with Gasteiger partial charge in [-0.1, -0.05) is 38.3 Å². The lowest BCUT2D eigenvalue weighted by molar-refractivity contribution is -0.133. The number of nitrogens with zero attached hydrogens (tertiary/aromatic N) is 3. The van der Waals surface area contributed by atoms with E-state index in [-0.39, 0.29) is 30.1 Å². The van der Waals surface area contributed by atoms with Gasteiger partial charge in [-0.2, -0.15) is 5.10 Å². The molecule has 1 aromatic carbocycles. The SMILES string of the molecule is CCCCN1C(=O)c2cc(C(=O)Nc3ccccc3OC)nn2C[C@]1(C)C(=O)NC1CCCC1. The summed E-state index contributed by atoms with van der Waals surface area (Å²) in [5.74, 6) is -0.369. The Labute approximate surface area is 199 Å². The molecular weight excluding hydrogens is 434 g/mol. The fourth-order valence-corrected chi connectivity index (χ4v) is 4.76. The summed E-state index contributed by atoms with van der Waals surface area (Å²) in [5, 5.41) is 10.4. The first-order valence-electron chi connectivity index (χ1n) is 12.0. The summed E-state index contributed by atoms with van der Waals surface area (Å²) >= 11 is 0. The van der Waals surface area contributed by atoms with Crippen LogP contribution in [0.15, 0.2) is 30.3 Å². The number of rotatable bonds is 8. The Kier molecular flexibility index (Phi) is 6.90. The monoisotopic (exact) mass is 467 g/mol. The number of unbranched alkanes of at least 4 members (excludes halogenated alkanes) is 1. The van der Waals surface area contributed by atoms with Gasteiger partial charge in [-0.3, -0.25) is 19.1 Å². The third-order valence-electron chi connectivity index (χ3n) is 6.80. The summed E-state index contributed by atoms with van der Waals surface area (Å²) in [6.07, 6.45) is 5.82. The minimum absolute atomic E-state index is 0.116. The first kappa shape index (κ1) is 23.8. The van der Waals surface area contributed by atoms with Gasteiger partial charge in [-0.05, 0) is 38.3 Å². The summed E-state index contributed by atoms with van der Waals surface area (Å²) in [4.78, 5) is 41.5. The second kappa shape index (κ2) is 9.87. The Hall–Kier alpha value is -3.36. The van der Waals surface area contributed by atoms with Gasteiger partial charge in [0.2, 0.25) is 5.91 Å². The molecule has 182 valence electrons. The molecule has 2 aliphatic rings. The quantitative estimate of drug-likeness (QED) is 0.620. The number of benzene rings is 1. The number of hydrogen-bond acceptors (Lipinski definition) is 5. The third kappa shape index (κ3) is 4.51. The second-order valence-electron chi connectivity index (χ2n) is 9.27. The fourth-order valence-electron chi connectivity index (χ4n) is 4.76. The van der Waals surface area contributed by atoms with Gasteiger partial charge >= 0.3 is 0 Å². The number of fused-ring (bicyclic) bond motifs is 1. The van der Waals surface area contributed by atoms with Crippen molar-refractivity contribution in [2.24, 2.45) is 0 Å². The van der Waals surface area contributed by atoms with E-state index in [4.69, 9.17) is 4.74 Å². The van der Waals surface area contributed by atoms with E-state index in [0.29, 0.717) is 23.7 Å². The summed E-state index contributed by atoms with van der Waals surface area (Å²) < 4.78 is 6.79. The van der Waals surface area contributed by atoms with Crippen LogP contribution in [0.5, 0.6) is 5.75 Å². The summed E-state index contributed by atoms with van der Waals surface area (Å²) in [5.41, 5.74) is -0.139. The number of carbonyl (C=O) groups excluding carboxylic acids is 3. The van der Waals surface area contributed by atoms with E-state index in [2.05, 4.69) is 22.7 Å². The average Bonchev–Trinajstić information content (AvgIpc) is 3.49. The van der Waals surface area contributed by atoms with E-state index >= 15 is 0 Å². The maximum Gasteiger partial charge on any atom is 0.276 e. The molecule has 1 atom stereocenters. The zero-order valence-electron chi connectivity index (χ0n) is 20.1. The molecule has 3 amide bonds. The molecule has 34 heavy (non-hydrogen) atoms. The van der Waals surface area contributed by atoms with Gasteiger partial charge in [0.05, 0.1) is 19.3 Å². The molecule has 0 spiro atoms. The molecule has 9 nitrogen and oxygen atoms in total. The lowest BCUT2D eigenvalue weighted by Crippen LogP contribution is -2.65. The molecule has 0 saturated heterocycles. The lowest BCUT2D eigenvalue weighted by atomic mass is 9.94. The molecule has 1 aromatic heterocycles. The Balaban J connectivity index is 1.60. The molecule has 0 bridgehead atoms. The van der Waals surface area contributed by atoms with Crippen molar-refractivity contribution in [2.45, 2.75) is 70.5 Å². The van der Waals surface area contributed by atoms with Crippen molar-refractivity contribution in [2.75, 3.05) is 19.0 Å². The van der Waals surface area contributed by atoms with Crippen molar-refractivity contribution in [3.63, 3.8) is 0 Å². The number of anilines is 1. The highest BCUT2D eigenvalue weighted by Crippen LogP contribution is 2.30. The predicted octanol–water partition coefficient (Wildman–Crippen LogP) is 3.22. The molecule has 4 rings (SSSR count). The molecule has 0 radical (unpaired) electrons. The number of para-hydroxylation sites is 2. The van der Waals surface area contributed by atoms with Gasteiger partial charge in [0.15, 0.2) is 5.69 Å². The molecule has 2 aromatic rings. The molecular formula is C25H33N5O4. The first-order valence-corrected chi connectivity index (χ1v) is 12.0. The highest BCUT2D eigenvalue weighted by atomic mass is 16.5. The Bertz CT molecular complexity index is 1080. The van der Waals surface area contributed by atoms with Crippen LogP contribution in [0.4, 0.5) is 5.69 Å². The summed E-state index contributed by atoms with van der Waals surface area (Å²) in [6.45, 7) is 4.51. The van der Waals surface area contributed by atoms with Crippen LogP contribution >= 0.6 is 0 Å². The standard InChI is InChI=1S/C25H33N5O4/c1-4-5-14-29-23(32)20-15-19(22(31)27-18-12-8-9-13-21(18)34-3)28-30(20)16-25(29,2)24(33)26-17-10-6-7-11-17/h8-9,12-13,15,17H,4-7,10-11,14,16H2,1-3H3,(H,26,33)(H,27,31)/t25-/m1/s1. The van der Waals surface area contributed by atoms with Crippen LogP contribution in [0.3, 0.4) is 0 Å². The first-order chi connectivity index (χ1) is 16.4. The zero-order valence-corrected chi connectivity index (χ0v) is 20.1. The molecule has 1 aliphatic carbocycles. The fraction of sp³-hybridized carbons (Fsp3) is 0.520. The predicted molar refractivity (Wildman–Crippen MR) is 128 cm³/mol. The van der Waals surface area contributed by atoms with Crippen molar-refractivity contribution in [1.29, 1.82) is 0 Å². The van der Waals surface area contributed by atoms with E-state index in [0.717, 1.165) is 38.5 Å². The van der Waals surface area contributed by atoms with Crippen molar-refractivity contribution in [1.82, 2.24) is 20.0 Å². The number of amides is 3. The number of nitrogens with one attached hydrogen (secondary N) is 2. The third-order valence-corrected chi connectivity index (χ3v) is 6.80. The highest BCUT2D eigenvalue weighted by Gasteiger charge is 2.48. The normalized spacial score (nSPS) is 20.2. The van der Waals surface area contributed by atoms with E-state index in [1.54, 1.807) is 30.0 Å². The van der Waals surface area contributed by atoms with Crippen molar-refractivity contribution in [3.8, 4) is 5.75 Å². The molecule has 2 N–H and O–H groups in total. The Morgan fingerprint density at radius 1 is 1.24 bits per heavy atom. The zero-order chi connectivity index (χ0) is 24.3. The lowest BCUT2D eigenvalue weighted by Gasteiger charge is -2.43. The van der Waals surface area contributed by atoms with Crippen LogP contribution < -0.4 is 15.4 Å². The van der Waals surface area contributed by atoms with Gasteiger partial charge in [0, 0.05) is 18.7 Å². The van der Waals surface area contributed by atoms with E-state index in [1.807, 2.05) is 6.07 Å². The number of aromatic nitrogens is 2. The van der Waals surface area contributed by atoms with Crippen LogP contribution in [0.25, 0.3) is 0 Å². The van der Waals surface area contributed by atoms with Crippen LogP contribution in [0.1, 0.15) is 73.3 Å². The minimum atomic E-state index is -1.08. The summed E-state index contributed by atoms with van der Waals surface area (Å²) in [6, 6.07) is 8.73. The van der Waals surface area contributed by atoms with Crippen LogP contribution in [0, 0.1) is 0 Å². The number of methoxy groups -OCH3 is 1. The molecule has 9 heteroatoms. The minimum Gasteiger partial charge on any atom is -0.495 e. The summed E-state index contributed by atoms with van der Waals surface area (Å²) in [7, 11) is 1.53. The van der Waals surface area contributed by atoms with Gasteiger partial charge < -0.3 is 20.3 Å². The van der Waals surface area contributed by atoms with Gasteiger partial charge in [-0.15, -0.1) is 0 Å². The Morgan fingerprint density at radius 2 is 1.97 bits per heavy atom. The maximum absolute atomic E-state index is 13.5. The van der Waals surface area contributed by atoms with Crippen LogP contribution in [-0.4, -0.2) is 57.6 Å². The van der Waals surface area contributed by atoms with Gasteiger partial charge in [0.25, 0.3) is 11.8 Å². The second-order valence-corrected chi connectivity index (χ2v) is 9.27. The van der Waals surface area contributed by atoms with Crippen molar-refractivity contribution < 1.29 is 19.1 Å². The maximum atomic E-state index is 13.5. The number of ether oxygens (including phenoxy) is 1. The van der Waals surface area contributed by atoms with Gasteiger partial charge in [0.1, 0.15) is 17.0 Å². The van der Waals surface area contributed by atoms with Gasteiger partial charge in [-0.25, -0.2) is 0 Å². The largest absolute Gasteiger partial charge is 0.495 e. The van der Waals surface area contributed by atoms with Crippen molar-refractivity contribution >= 4 is 23.4 Å². The Morgan fingerprint density at radius 3 is 2.68 bits per heavy atom. The average molecular weight is 468 g/mol. The molecule has 1 fully saturated rings. The van der Waals surface area contributed by atoms with E-state index in [1.165, 1.54) is 17.9 Å². The topological polar surface area (TPSA) is 106 Å². The van der Waals surface area contributed by atoms with E-state index in [9.17, 15) is 14.4 Å². The van der Waals surface area contributed by atoms with Crippen LogP contribution in [-0.2, 0) is 11.3 Å². The smallest absolute Gasteiger partial charge is 0.276 e. The van der Waals surface area contributed by atoms with Crippen molar-refractivity contribution in [3.05, 3.63) is 41.7 Å².